The molecule has 1 aromatic heterocycles. The van der Waals surface area contributed by atoms with Gasteiger partial charge in [0.25, 0.3) is 0 Å². The molecule has 3 rings (SSSR count). The summed E-state index contributed by atoms with van der Waals surface area (Å²) in [5.41, 5.74) is 3.08. The van der Waals surface area contributed by atoms with Crippen molar-refractivity contribution >= 4 is 0 Å². The van der Waals surface area contributed by atoms with E-state index in [0.717, 1.165) is 42.7 Å². The highest BCUT2D eigenvalue weighted by Crippen LogP contribution is 2.31. The van der Waals surface area contributed by atoms with E-state index in [4.69, 9.17) is 14.0 Å². The molecule has 6 nitrogen and oxygen atoms in total. The Morgan fingerprint density at radius 2 is 1.83 bits per heavy atom. The molecule has 0 unspecified atom stereocenters. The zero-order valence-corrected chi connectivity index (χ0v) is 13.2. The normalized spacial score (nSPS) is 13.7. The lowest BCUT2D eigenvalue weighted by Crippen LogP contribution is -2.07. The molecule has 1 aliphatic carbocycles. The summed E-state index contributed by atoms with van der Waals surface area (Å²) in [4.78, 5) is 0. The van der Waals surface area contributed by atoms with Crippen LogP contribution in [-0.4, -0.2) is 22.5 Å². The Morgan fingerprint density at radius 3 is 2.48 bits per heavy atom. The molecule has 0 fully saturated rings. The molecule has 0 bridgehead atoms. The fraction of sp³-hybridized carbons (Fsp3) is 0.471. The number of aryl methyl sites for hydroxylation is 1. The van der Waals surface area contributed by atoms with E-state index in [1.807, 2.05) is 0 Å². The summed E-state index contributed by atoms with van der Waals surface area (Å²) in [6.45, 7) is -0.141. The van der Waals surface area contributed by atoms with Crippen LogP contribution in [0.1, 0.15) is 41.0 Å². The smallest absolute Gasteiger partial charge is 0.140 e. The molecular weight excluding hydrogens is 298 g/mol. The van der Waals surface area contributed by atoms with E-state index in [0.29, 0.717) is 22.6 Å². The minimum absolute atomic E-state index is 0.198. The standard InChI is InChI=1S/C17H21NO5/c1-21-13-6-11(8-19)17(12(7-13)9-20)22-10-15-14-4-2-3-5-16(14)23-18-15/h6-7,19-20H,2-5,8-10H2,1H3. The number of aromatic nitrogens is 1. The van der Waals surface area contributed by atoms with Gasteiger partial charge >= 0.3 is 0 Å². The first kappa shape index (κ1) is 15.8. The van der Waals surface area contributed by atoms with E-state index >= 15 is 0 Å². The molecule has 0 saturated heterocycles. The number of benzene rings is 1. The molecule has 2 N–H and O–H groups in total. The molecule has 0 amide bonds. The predicted octanol–water partition coefficient (Wildman–Crippen LogP) is 2.13. The number of hydrogen-bond donors (Lipinski definition) is 2. The Kier molecular flexibility index (Phi) is 4.83. The van der Waals surface area contributed by atoms with Gasteiger partial charge < -0.3 is 24.2 Å². The van der Waals surface area contributed by atoms with Crippen molar-refractivity contribution < 1.29 is 24.2 Å². The lowest BCUT2D eigenvalue weighted by atomic mass is 9.97. The molecule has 0 radical (unpaired) electrons. The zero-order chi connectivity index (χ0) is 16.2. The minimum atomic E-state index is -0.198. The second-order valence-corrected chi connectivity index (χ2v) is 5.62. The molecule has 0 saturated carbocycles. The maximum Gasteiger partial charge on any atom is 0.140 e. The maximum atomic E-state index is 9.56. The molecule has 0 aliphatic heterocycles. The third-order valence-electron chi connectivity index (χ3n) is 4.18. The van der Waals surface area contributed by atoms with Crippen LogP contribution in [0.25, 0.3) is 0 Å². The Morgan fingerprint density at radius 1 is 1.13 bits per heavy atom. The van der Waals surface area contributed by atoms with Gasteiger partial charge in [0.2, 0.25) is 0 Å². The first-order valence-electron chi connectivity index (χ1n) is 7.77. The summed E-state index contributed by atoms with van der Waals surface area (Å²) < 4.78 is 16.4. The third kappa shape index (κ3) is 3.18. The maximum absolute atomic E-state index is 9.56. The summed E-state index contributed by atoms with van der Waals surface area (Å²) in [5.74, 6) is 2.00. The van der Waals surface area contributed by atoms with Crippen LogP contribution in [0, 0.1) is 0 Å². The molecular formula is C17H21NO5. The Bertz CT molecular complexity index is 655. The van der Waals surface area contributed by atoms with Gasteiger partial charge in [-0.2, -0.15) is 0 Å². The van der Waals surface area contributed by atoms with Crippen LogP contribution in [0.3, 0.4) is 0 Å². The molecule has 6 heteroatoms. The van der Waals surface area contributed by atoms with Gasteiger partial charge in [-0.3, -0.25) is 0 Å². The van der Waals surface area contributed by atoms with Crippen LogP contribution >= 0.6 is 0 Å². The average molecular weight is 319 g/mol. The number of aliphatic hydroxyl groups excluding tert-OH is 2. The SMILES string of the molecule is COc1cc(CO)c(OCc2noc3c2CCCC3)c(CO)c1. The number of nitrogens with zero attached hydrogens (tertiary/aromatic N) is 1. The number of ether oxygens (including phenoxy) is 2. The van der Waals surface area contributed by atoms with Crippen LogP contribution in [0.15, 0.2) is 16.7 Å². The van der Waals surface area contributed by atoms with Crippen molar-refractivity contribution in [3.05, 3.63) is 40.3 Å². The van der Waals surface area contributed by atoms with Crippen LogP contribution in [0.2, 0.25) is 0 Å². The summed E-state index contributed by atoms with van der Waals surface area (Å²) in [6, 6.07) is 3.40. The summed E-state index contributed by atoms with van der Waals surface area (Å²) in [6.07, 6.45) is 4.15. The number of rotatable bonds is 6. The van der Waals surface area contributed by atoms with Gasteiger partial charge in [-0.1, -0.05) is 5.16 Å². The second kappa shape index (κ2) is 7.02. The van der Waals surface area contributed by atoms with Crippen LogP contribution in [0.4, 0.5) is 0 Å². The van der Waals surface area contributed by atoms with E-state index in [2.05, 4.69) is 5.16 Å². The van der Waals surface area contributed by atoms with Crippen molar-refractivity contribution in [3.63, 3.8) is 0 Å². The van der Waals surface area contributed by atoms with Crippen LogP contribution in [0.5, 0.6) is 11.5 Å². The van der Waals surface area contributed by atoms with Crippen molar-refractivity contribution in [1.82, 2.24) is 5.16 Å². The second-order valence-electron chi connectivity index (χ2n) is 5.62. The van der Waals surface area contributed by atoms with Gasteiger partial charge in [-0.25, -0.2) is 0 Å². The monoisotopic (exact) mass is 319 g/mol. The van der Waals surface area contributed by atoms with Crippen LogP contribution < -0.4 is 9.47 Å². The summed E-state index contributed by atoms with van der Waals surface area (Å²) in [7, 11) is 1.54. The lowest BCUT2D eigenvalue weighted by Gasteiger charge is -2.16. The highest BCUT2D eigenvalue weighted by Gasteiger charge is 2.20. The van der Waals surface area contributed by atoms with Gasteiger partial charge in [0.1, 0.15) is 29.6 Å². The highest BCUT2D eigenvalue weighted by atomic mass is 16.5. The summed E-state index contributed by atoms with van der Waals surface area (Å²) in [5, 5.41) is 23.2. The van der Waals surface area contributed by atoms with Gasteiger partial charge in [-0.05, 0) is 31.4 Å². The predicted molar refractivity (Wildman–Crippen MR) is 82.3 cm³/mol. The molecule has 0 atom stereocenters. The van der Waals surface area contributed by atoms with E-state index in [-0.39, 0.29) is 19.8 Å². The van der Waals surface area contributed by atoms with Gasteiger partial charge in [0, 0.05) is 23.1 Å². The topological polar surface area (TPSA) is 85.0 Å². The average Bonchev–Trinajstić information content (AvgIpc) is 3.02. The first-order chi connectivity index (χ1) is 11.3. The van der Waals surface area contributed by atoms with Crippen LogP contribution in [-0.2, 0) is 32.7 Å². The first-order valence-corrected chi connectivity index (χ1v) is 7.77. The van der Waals surface area contributed by atoms with E-state index in [1.165, 1.54) is 0 Å². The Hall–Kier alpha value is -2.05. The molecule has 124 valence electrons. The molecule has 23 heavy (non-hydrogen) atoms. The number of aliphatic hydroxyl groups is 2. The van der Waals surface area contributed by atoms with Crippen molar-refractivity contribution in [3.8, 4) is 11.5 Å². The highest BCUT2D eigenvalue weighted by molar-refractivity contribution is 5.47. The fourth-order valence-electron chi connectivity index (χ4n) is 2.96. The molecule has 0 spiro atoms. The molecule has 1 aliphatic rings. The molecule has 1 heterocycles. The Labute approximate surface area is 134 Å². The van der Waals surface area contributed by atoms with Crippen molar-refractivity contribution in [2.24, 2.45) is 0 Å². The van der Waals surface area contributed by atoms with Gasteiger partial charge in [-0.15, -0.1) is 0 Å². The third-order valence-corrected chi connectivity index (χ3v) is 4.18. The molecule has 1 aromatic carbocycles. The fourth-order valence-corrected chi connectivity index (χ4v) is 2.96. The van der Waals surface area contributed by atoms with E-state index in [9.17, 15) is 10.2 Å². The number of fused-ring (bicyclic) bond motifs is 1. The van der Waals surface area contributed by atoms with Gasteiger partial charge in [0.15, 0.2) is 0 Å². The van der Waals surface area contributed by atoms with Crippen molar-refractivity contribution in [1.29, 1.82) is 0 Å². The largest absolute Gasteiger partial charge is 0.497 e. The number of hydrogen-bond acceptors (Lipinski definition) is 6. The minimum Gasteiger partial charge on any atom is -0.497 e. The summed E-state index contributed by atoms with van der Waals surface area (Å²) >= 11 is 0. The van der Waals surface area contributed by atoms with E-state index in [1.54, 1.807) is 19.2 Å². The van der Waals surface area contributed by atoms with Crippen molar-refractivity contribution in [2.75, 3.05) is 7.11 Å². The zero-order valence-electron chi connectivity index (χ0n) is 13.2. The van der Waals surface area contributed by atoms with E-state index < -0.39 is 0 Å². The quantitative estimate of drug-likeness (QED) is 0.848. The molecule has 2 aromatic rings. The van der Waals surface area contributed by atoms with Gasteiger partial charge in [0.05, 0.1) is 20.3 Å². The van der Waals surface area contributed by atoms with Crippen molar-refractivity contribution in [2.45, 2.75) is 45.5 Å². The lowest BCUT2D eigenvalue weighted by molar-refractivity contribution is 0.236. The Balaban J connectivity index is 1.84. The number of methoxy groups -OCH3 is 1.